The summed E-state index contributed by atoms with van der Waals surface area (Å²) in [6.45, 7) is 8.49. The van der Waals surface area contributed by atoms with Crippen molar-refractivity contribution in [3.8, 4) is 0 Å². The second-order valence-corrected chi connectivity index (χ2v) is 6.57. The van der Waals surface area contributed by atoms with Crippen LogP contribution in [-0.4, -0.2) is 21.9 Å². The first-order valence-corrected chi connectivity index (χ1v) is 6.98. The van der Waals surface area contributed by atoms with Crippen LogP contribution in [0.25, 0.3) is 0 Å². The third kappa shape index (κ3) is 2.17. The van der Waals surface area contributed by atoms with Gasteiger partial charge in [-0.1, -0.05) is 26.3 Å². The normalized spacial score (nSPS) is 42.9. The average Bonchev–Trinajstić information content (AvgIpc) is 2.24. The van der Waals surface area contributed by atoms with E-state index in [1.54, 1.807) is 6.92 Å². The molecule has 4 atom stereocenters. The molecule has 17 heavy (non-hydrogen) atoms. The van der Waals surface area contributed by atoms with Gasteiger partial charge in [0.05, 0.1) is 5.60 Å². The fraction of sp³-hybridized carbons (Fsp3) is 0.867. The number of rotatable bonds is 1. The number of aliphatic hydroxyl groups excluding tert-OH is 1. The van der Waals surface area contributed by atoms with Gasteiger partial charge in [-0.05, 0) is 55.9 Å². The SMILES string of the molecule is CC1CCC(C(C)C)C2=C1CCC(C)(O)C2O. The number of aliphatic hydroxyl groups is 2. The van der Waals surface area contributed by atoms with E-state index in [1.807, 2.05) is 0 Å². The predicted molar refractivity (Wildman–Crippen MR) is 69.6 cm³/mol. The summed E-state index contributed by atoms with van der Waals surface area (Å²) < 4.78 is 0. The minimum atomic E-state index is -0.928. The molecule has 0 aromatic carbocycles. The van der Waals surface area contributed by atoms with E-state index >= 15 is 0 Å². The fourth-order valence-electron chi connectivity index (χ4n) is 3.60. The van der Waals surface area contributed by atoms with Crippen molar-refractivity contribution in [3.05, 3.63) is 11.1 Å². The van der Waals surface area contributed by atoms with Gasteiger partial charge >= 0.3 is 0 Å². The molecule has 0 aromatic rings. The lowest BCUT2D eigenvalue weighted by Crippen LogP contribution is -2.47. The molecule has 0 saturated carbocycles. The molecule has 2 rings (SSSR count). The van der Waals surface area contributed by atoms with Gasteiger partial charge in [-0.25, -0.2) is 0 Å². The maximum Gasteiger partial charge on any atom is 0.104 e. The Morgan fingerprint density at radius 3 is 2.53 bits per heavy atom. The average molecular weight is 238 g/mol. The minimum absolute atomic E-state index is 0.461. The van der Waals surface area contributed by atoms with Crippen molar-refractivity contribution in [1.29, 1.82) is 0 Å². The Labute approximate surface area is 105 Å². The van der Waals surface area contributed by atoms with Gasteiger partial charge in [0.25, 0.3) is 0 Å². The number of allylic oxidation sites excluding steroid dienone is 1. The van der Waals surface area contributed by atoms with E-state index in [0.717, 1.165) is 12.8 Å². The molecule has 0 radical (unpaired) electrons. The molecule has 0 aliphatic heterocycles. The second-order valence-electron chi connectivity index (χ2n) is 6.57. The van der Waals surface area contributed by atoms with Gasteiger partial charge in [0.15, 0.2) is 0 Å². The van der Waals surface area contributed by atoms with Crippen LogP contribution >= 0.6 is 0 Å². The van der Waals surface area contributed by atoms with Gasteiger partial charge in [0, 0.05) is 0 Å². The van der Waals surface area contributed by atoms with Crippen LogP contribution in [-0.2, 0) is 0 Å². The summed E-state index contributed by atoms with van der Waals surface area (Å²) in [6, 6.07) is 0. The lowest BCUT2D eigenvalue weighted by molar-refractivity contribution is -0.0637. The highest BCUT2D eigenvalue weighted by Crippen LogP contribution is 2.47. The highest BCUT2D eigenvalue weighted by molar-refractivity contribution is 5.31. The topological polar surface area (TPSA) is 40.5 Å². The molecule has 0 aromatic heterocycles. The summed E-state index contributed by atoms with van der Waals surface area (Å²) in [5.74, 6) is 1.60. The molecule has 2 N–H and O–H groups in total. The van der Waals surface area contributed by atoms with Crippen molar-refractivity contribution in [2.45, 2.75) is 65.1 Å². The van der Waals surface area contributed by atoms with E-state index in [4.69, 9.17) is 0 Å². The number of hydrogen-bond acceptors (Lipinski definition) is 2. The van der Waals surface area contributed by atoms with Crippen LogP contribution in [0.3, 0.4) is 0 Å². The van der Waals surface area contributed by atoms with Crippen molar-refractivity contribution in [2.75, 3.05) is 0 Å². The Kier molecular flexibility index (Phi) is 3.39. The molecule has 0 amide bonds. The van der Waals surface area contributed by atoms with E-state index in [9.17, 15) is 10.2 Å². The van der Waals surface area contributed by atoms with Crippen molar-refractivity contribution < 1.29 is 10.2 Å². The van der Waals surface area contributed by atoms with Gasteiger partial charge in [0.1, 0.15) is 6.10 Å². The van der Waals surface area contributed by atoms with Gasteiger partial charge < -0.3 is 10.2 Å². The zero-order chi connectivity index (χ0) is 12.8. The van der Waals surface area contributed by atoms with E-state index in [-0.39, 0.29) is 0 Å². The van der Waals surface area contributed by atoms with Gasteiger partial charge in [-0.3, -0.25) is 0 Å². The highest BCUT2D eigenvalue weighted by atomic mass is 16.3. The summed E-state index contributed by atoms with van der Waals surface area (Å²) in [6.07, 6.45) is 3.40. The summed E-state index contributed by atoms with van der Waals surface area (Å²) in [4.78, 5) is 0. The predicted octanol–water partition coefficient (Wildman–Crippen LogP) is 2.89. The zero-order valence-electron chi connectivity index (χ0n) is 11.5. The Balaban J connectivity index is 2.42. The van der Waals surface area contributed by atoms with Crippen molar-refractivity contribution in [3.63, 3.8) is 0 Å². The maximum atomic E-state index is 10.5. The molecule has 0 fully saturated rings. The molecular weight excluding hydrogens is 212 g/mol. The molecule has 2 aliphatic carbocycles. The first-order valence-electron chi connectivity index (χ1n) is 6.98. The first-order chi connectivity index (χ1) is 7.84. The Morgan fingerprint density at radius 2 is 1.94 bits per heavy atom. The van der Waals surface area contributed by atoms with Crippen molar-refractivity contribution in [1.82, 2.24) is 0 Å². The standard InChI is InChI=1S/C15H26O2/c1-9(2)11-6-5-10(3)12-7-8-15(4,17)14(16)13(11)12/h9-11,14,16-17H,5-8H2,1-4H3. The van der Waals surface area contributed by atoms with Crippen LogP contribution < -0.4 is 0 Å². The van der Waals surface area contributed by atoms with Gasteiger partial charge in [-0.15, -0.1) is 0 Å². The summed E-state index contributed by atoms with van der Waals surface area (Å²) in [7, 11) is 0. The largest absolute Gasteiger partial charge is 0.387 e. The monoisotopic (exact) mass is 238 g/mol. The summed E-state index contributed by atoms with van der Waals surface area (Å²) in [5, 5.41) is 20.7. The quantitative estimate of drug-likeness (QED) is 0.690. The third-order valence-electron chi connectivity index (χ3n) is 4.86. The van der Waals surface area contributed by atoms with Crippen LogP contribution in [0.5, 0.6) is 0 Å². The van der Waals surface area contributed by atoms with Crippen LogP contribution in [0.4, 0.5) is 0 Å². The molecule has 2 heteroatoms. The molecule has 0 spiro atoms. The molecule has 0 heterocycles. The first kappa shape index (κ1) is 13.1. The molecule has 2 aliphatic rings. The molecule has 4 unspecified atom stereocenters. The summed E-state index contributed by atoms with van der Waals surface area (Å²) in [5.41, 5.74) is 1.69. The van der Waals surface area contributed by atoms with Gasteiger partial charge in [0.2, 0.25) is 0 Å². The summed E-state index contributed by atoms with van der Waals surface area (Å²) >= 11 is 0. The molecular formula is C15H26O2. The second kappa shape index (κ2) is 4.40. The van der Waals surface area contributed by atoms with Crippen LogP contribution in [0, 0.1) is 17.8 Å². The van der Waals surface area contributed by atoms with Crippen LogP contribution in [0.15, 0.2) is 11.1 Å². The third-order valence-corrected chi connectivity index (χ3v) is 4.86. The molecule has 0 bridgehead atoms. The Morgan fingerprint density at radius 1 is 1.29 bits per heavy atom. The van der Waals surface area contributed by atoms with E-state index in [1.165, 1.54) is 17.6 Å². The molecule has 2 nitrogen and oxygen atoms in total. The van der Waals surface area contributed by atoms with Crippen LogP contribution in [0.1, 0.15) is 53.4 Å². The van der Waals surface area contributed by atoms with E-state index in [2.05, 4.69) is 20.8 Å². The fourth-order valence-corrected chi connectivity index (χ4v) is 3.60. The maximum absolute atomic E-state index is 10.5. The smallest absolute Gasteiger partial charge is 0.104 e. The minimum Gasteiger partial charge on any atom is -0.387 e. The van der Waals surface area contributed by atoms with Crippen molar-refractivity contribution >= 4 is 0 Å². The lowest BCUT2D eigenvalue weighted by atomic mass is 9.64. The van der Waals surface area contributed by atoms with Crippen molar-refractivity contribution in [2.24, 2.45) is 17.8 Å². The van der Waals surface area contributed by atoms with E-state index in [0.29, 0.717) is 24.2 Å². The van der Waals surface area contributed by atoms with Crippen LogP contribution in [0.2, 0.25) is 0 Å². The lowest BCUT2D eigenvalue weighted by Gasteiger charge is -2.45. The van der Waals surface area contributed by atoms with E-state index < -0.39 is 11.7 Å². The highest BCUT2D eigenvalue weighted by Gasteiger charge is 2.44. The Bertz CT molecular complexity index is 324. The zero-order valence-corrected chi connectivity index (χ0v) is 11.5. The Hall–Kier alpha value is -0.340. The molecule has 98 valence electrons. The molecule has 0 saturated heterocycles. The number of hydrogen-bond donors (Lipinski definition) is 2. The van der Waals surface area contributed by atoms with Gasteiger partial charge in [-0.2, -0.15) is 0 Å².